The third kappa shape index (κ3) is 2.90. The van der Waals surface area contributed by atoms with Crippen molar-refractivity contribution in [3.8, 4) is 6.07 Å². The van der Waals surface area contributed by atoms with Crippen LogP contribution >= 0.6 is 12.2 Å². The molecular weight excluding hydrogens is 234 g/mol. The Bertz CT molecular complexity index is 410. The zero-order chi connectivity index (χ0) is 13.2. The summed E-state index contributed by atoms with van der Waals surface area (Å²) in [7, 11) is 1.97. The summed E-state index contributed by atoms with van der Waals surface area (Å²) in [6.45, 7) is 4.62. The van der Waals surface area contributed by atoms with Crippen LogP contribution in [0, 0.1) is 23.2 Å². The zero-order valence-electron chi connectivity index (χ0n) is 10.3. The lowest BCUT2D eigenvalue weighted by Crippen LogP contribution is -2.49. The quantitative estimate of drug-likeness (QED) is 0.448. The molecule has 0 aromatic rings. The highest BCUT2D eigenvalue weighted by atomic mass is 32.1. The van der Waals surface area contributed by atoms with Gasteiger partial charge in [-0.2, -0.15) is 5.26 Å². The largest absolute Gasteiger partial charge is 0.389 e. The number of nitrogens with two attached hydrogens (primary N) is 1. The molecule has 0 radical (unpaired) electrons. The molecule has 5 heteroatoms. The highest BCUT2D eigenvalue weighted by Gasteiger charge is 2.35. The number of hydrogen-bond acceptors (Lipinski definition) is 4. The molecule has 1 fully saturated rings. The first-order valence-corrected chi connectivity index (χ1v) is 5.95. The average molecular weight is 251 g/mol. The number of carbonyl (C=O) groups excluding carboxylic acids is 1. The van der Waals surface area contributed by atoms with Crippen molar-refractivity contribution in [3.63, 3.8) is 0 Å². The van der Waals surface area contributed by atoms with E-state index in [9.17, 15) is 4.79 Å². The lowest BCUT2D eigenvalue weighted by molar-refractivity contribution is -0.130. The highest BCUT2D eigenvalue weighted by molar-refractivity contribution is 7.80. The van der Waals surface area contributed by atoms with Gasteiger partial charge in [-0.1, -0.05) is 25.2 Å². The van der Waals surface area contributed by atoms with Crippen molar-refractivity contribution in [3.05, 3.63) is 11.6 Å². The van der Waals surface area contributed by atoms with E-state index >= 15 is 0 Å². The first-order valence-electron chi connectivity index (χ1n) is 5.54. The molecule has 4 nitrogen and oxygen atoms in total. The Morgan fingerprint density at radius 2 is 2.24 bits per heavy atom. The molecule has 17 heavy (non-hydrogen) atoms. The van der Waals surface area contributed by atoms with Crippen molar-refractivity contribution in [2.75, 3.05) is 13.6 Å². The number of rotatable bonds is 2. The van der Waals surface area contributed by atoms with E-state index in [0.717, 1.165) is 6.54 Å². The van der Waals surface area contributed by atoms with Crippen LogP contribution in [0.5, 0.6) is 0 Å². The summed E-state index contributed by atoms with van der Waals surface area (Å²) in [6.07, 6.45) is 1.61. The second kappa shape index (κ2) is 5.39. The monoisotopic (exact) mass is 251 g/mol. The van der Waals surface area contributed by atoms with Crippen LogP contribution in [0.4, 0.5) is 0 Å². The second-order valence-electron chi connectivity index (χ2n) is 4.57. The Morgan fingerprint density at radius 1 is 1.65 bits per heavy atom. The summed E-state index contributed by atoms with van der Waals surface area (Å²) in [6, 6.07) is 2.01. The Hall–Kier alpha value is -1.25. The molecule has 1 heterocycles. The van der Waals surface area contributed by atoms with Crippen LogP contribution in [0.15, 0.2) is 11.6 Å². The molecule has 3 atom stereocenters. The molecule has 2 N–H and O–H groups in total. The summed E-state index contributed by atoms with van der Waals surface area (Å²) in [5, 5.41) is 8.92. The Labute approximate surface area is 107 Å². The van der Waals surface area contributed by atoms with E-state index in [-0.39, 0.29) is 34.2 Å². The van der Waals surface area contributed by atoms with Gasteiger partial charge in [0.25, 0.3) is 0 Å². The molecule has 1 aliphatic heterocycles. The van der Waals surface area contributed by atoms with Crippen LogP contribution in [0.25, 0.3) is 0 Å². The summed E-state index contributed by atoms with van der Waals surface area (Å²) in [5.74, 6) is -0.178. The third-order valence-electron chi connectivity index (χ3n) is 3.32. The van der Waals surface area contributed by atoms with Crippen molar-refractivity contribution in [2.45, 2.75) is 19.9 Å². The number of likely N-dealkylation sites (tertiary alicyclic amines) is 1. The average Bonchev–Trinajstić information content (AvgIpc) is 2.26. The minimum atomic E-state index is -0.306. The smallest absolute Gasteiger partial charge is 0.145 e. The van der Waals surface area contributed by atoms with Crippen molar-refractivity contribution in [1.29, 1.82) is 5.26 Å². The van der Waals surface area contributed by atoms with Crippen molar-refractivity contribution < 1.29 is 4.79 Å². The fourth-order valence-electron chi connectivity index (χ4n) is 2.10. The topological polar surface area (TPSA) is 70.1 Å². The van der Waals surface area contributed by atoms with Gasteiger partial charge < -0.3 is 10.6 Å². The van der Waals surface area contributed by atoms with E-state index in [4.69, 9.17) is 23.2 Å². The van der Waals surface area contributed by atoms with Gasteiger partial charge in [0, 0.05) is 18.5 Å². The molecule has 0 aliphatic carbocycles. The van der Waals surface area contributed by atoms with Crippen LogP contribution in [-0.2, 0) is 4.79 Å². The van der Waals surface area contributed by atoms with Gasteiger partial charge in [0.2, 0.25) is 0 Å². The van der Waals surface area contributed by atoms with Gasteiger partial charge in [0.1, 0.15) is 16.8 Å². The maximum absolute atomic E-state index is 12.1. The lowest BCUT2D eigenvalue weighted by atomic mass is 9.82. The van der Waals surface area contributed by atoms with E-state index in [1.54, 1.807) is 6.08 Å². The van der Waals surface area contributed by atoms with Crippen LogP contribution in [0.1, 0.15) is 13.8 Å². The molecule has 1 saturated heterocycles. The SMILES string of the molecule is C[C@@H]1[C@@H](/C=C(\C#N)C(N)=S)C(=O)[C@@H](C)CN1C. The van der Waals surface area contributed by atoms with Crippen LogP contribution < -0.4 is 5.73 Å². The number of piperidine rings is 1. The molecule has 1 aliphatic rings. The molecule has 0 amide bonds. The Kier molecular flexibility index (Phi) is 4.38. The van der Waals surface area contributed by atoms with Crippen LogP contribution in [-0.4, -0.2) is 35.3 Å². The maximum Gasteiger partial charge on any atom is 0.145 e. The molecule has 0 aromatic heterocycles. The first kappa shape index (κ1) is 13.8. The van der Waals surface area contributed by atoms with Crippen molar-refractivity contribution in [1.82, 2.24) is 4.90 Å². The minimum Gasteiger partial charge on any atom is -0.389 e. The highest BCUT2D eigenvalue weighted by Crippen LogP contribution is 2.25. The lowest BCUT2D eigenvalue weighted by Gasteiger charge is -2.37. The number of nitriles is 1. The molecule has 0 aromatic carbocycles. The normalized spacial score (nSPS) is 31.1. The number of Topliss-reactive ketones (excluding diaryl/α,β-unsaturated/α-hetero) is 1. The van der Waals surface area contributed by atoms with Crippen LogP contribution in [0.3, 0.4) is 0 Å². The van der Waals surface area contributed by atoms with Gasteiger partial charge in [-0.3, -0.25) is 4.79 Å². The standard InChI is InChI=1S/C12H17N3OS/c1-7-6-15(3)8(2)10(11(7)16)4-9(5-13)12(14)17/h4,7-8,10H,6H2,1-3H3,(H2,14,17)/b9-4+/t7-,8+,10+/m0/s1. The molecule has 0 unspecified atom stereocenters. The van der Waals surface area contributed by atoms with E-state index in [2.05, 4.69) is 4.90 Å². The second-order valence-corrected chi connectivity index (χ2v) is 5.01. The fourth-order valence-corrected chi connectivity index (χ4v) is 2.22. The van der Waals surface area contributed by atoms with E-state index in [1.807, 2.05) is 27.0 Å². The molecule has 0 spiro atoms. The summed E-state index contributed by atoms with van der Waals surface area (Å²) < 4.78 is 0. The van der Waals surface area contributed by atoms with Gasteiger partial charge >= 0.3 is 0 Å². The number of hydrogen-bond donors (Lipinski definition) is 1. The zero-order valence-corrected chi connectivity index (χ0v) is 11.1. The van der Waals surface area contributed by atoms with Gasteiger partial charge in [-0.15, -0.1) is 0 Å². The maximum atomic E-state index is 12.1. The number of ketones is 1. The predicted molar refractivity (Wildman–Crippen MR) is 70.2 cm³/mol. The number of nitrogens with zero attached hydrogens (tertiary/aromatic N) is 2. The number of carbonyl (C=O) groups is 1. The summed E-state index contributed by atoms with van der Waals surface area (Å²) in [5.41, 5.74) is 5.67. The van der Waals surface area contributed by atoms with Crippen molar-refractivity contribution in [2.24, 2.45) is 17.6 Å². The van der Waals surface area contributed by atoms with E-state index in [1.165, 1.54) is 0 Å². The Morgan fingerprint density at radius 3 is 2.71 bits per heavy atom. The van der Waals surface area contributed by atoms with Gasteiger partial charge in [-0.05, 0) is 14.0 Å². The van der Waals surface area contributed by atoms with Gasteiger partial charge in [0.05, 0.1) is 11.5 Å². The van der Waals surface area contributed by atoms with Gasteiger partial charge in [-0.25, -0.2) is 0 Å². The third-order valence-corrected chi connectivity index (χ3v) is 3.54. The van der Waals surface area contributed by atoms with Crippen LogP contribution in [0.2, 0.25) is 0 Å². The van der Waals surface area contributed by atoms with Crippen molar-refractivity contribution >= 4 is 23.0 Å². The summed E-state index contributed by atoms with van der Waals surface area (Å²) >= 11 is 4.78. The molecule has 1 rings (SSSR count). The fraction of sp³-hybridized carbons (Fsp3) is 0.583. The van der Waals surface area contributed by atoms with E-state index in [0.29, 0.717) is 0 Å². The van der Waals surface area contributed by atoms with E-state index < -0.39 is 0 Å². The minimum absolute atomic E-state index is 0.0243. The molecule has 0 bridgehead atoms. The number of thiocarbonyl (C=S) groups is 1. The first-order chi connectivity index (χ1) is 7.88. The summed E-state index contributed by atoms with van der Waals surface area (Å²) in [4.78, 5) is 14.3. The molecule has 0 saturated carbocycles. The molecule has 92 valence electrons. The Balaban J connectivity index is 3.05. The van der Waals surface area contributed by atoms with Gasteiger partial charge in [0.15, 0.2) is 0 Å². The predicted octanol–water partition coefficient (Wildman–Crippen LogP) is 0.878. The molecular formula is C12H17N3OS.